The van der Waals surface area contributed by atoms with Gasteiger partial charge in [0.05, 0.1) is 6.61 Å². The maximum atomic E-state index is 11.1. The monoisotopic (exact) mass is 162 g/mol. The Morgan fingerprint density at radius 1 is 1.62 bits per heavy atom. The molecule has 0 spiro atoms. The molecule has 0 fully saturated rings. The summed E-state index contributed by atoms with van der Waals surface area (Å²) in [6.45, 7) is -1.36. The standard InChI is InChI=1S/C2H4ClFO3S/c3-8(5,6)7-2-1-4/h1-2H2. The quantitative estimate of drug-likeness (QED) is 0.567. The lowest BCUT2D eigenvalue weighted by Crippen LogP contribution is -1.99. The molecule has 0 aromatic carbocycles. The van der Waals surface area contributed by atoms with Crippen LogP contribution in [0.4, 0.5) is 4.39 Å². The largest absolute Gasteiger partial charge is 0.355 e. The minimum atomic E-state index is -3.95. The van der Waals surface area contributed by atoms with E-state index in [1.165, 1.54) is 0 Å². The van der Waals surface area contributed by atoms with Gasteiger partial charge in [-0.05, 0) is 0 Å². The van der Waals surface area contributed by atoms with Crippen molar-refractivity contribution in [3.8, 4) is 0 Å². The van der Waals surface area contributed by atoms with Crippen LogP contribution < -0.4 is 0 Å². The van der Waals surface area contributed by atoms with Gasteiger partial charge in [-0.15, -0.1) is 0 Å². The molecule has 0 atom stereocenters. The summed E-state index contributed by atoms with van der Waals surface area (Å²) in [5.74, 6) is 0. The molecular weight excluding hydrogens is 159 g/mol. The van der Waals surface area contributed by atoms with Gasteiger partial charge in [-0.3, -0.25) is 4.18 Å². The van der Waals surface area contributed by atoms with E-state index in [2.05, 4.69) is 14.9 Å². The molecule has 0 N–H and O–H groups in total. The van der Waals surface area contributed by atoms with Crippen molar-refractivity contribution in [2.24, 2.45) is 0 Å². The summed E-state index contributed by atoms with van der Waals surface area (Å²) in [5, 5.41) is 0. The lowest BCUT2D eigenvalue weighted by molar-refractivity contribution is 0.284. The van der Waals surface area contributed by atoms with Crippen molar-refractivity contribution in [1.29, 1.82) is 0 Å². The molecular formula is C2H4ClFO3S. The fourth-order valence-corrected chi connectivity index (χ4v) is 0.582. The third-order valence-corrected chi connectivity index (χ3v) is 1.02. The molecule has 0 heterocycles. The topological polar surface area (TPSA) is 43.4 Å². The third-order valence-electron chi connectivity index (χ3n) is 0.301. The molecule has 0 aromatic rings. The van der Waals surface area contributed by atoms with Crippen molar-refractivity contribution in [2.45, 2.75) is 0 Å². The SMILES string of the molecule is O=S(=O)(Cl)OCCF. The van der Waals surface area contributed by atoms with Gasteiger partial charge >= 0.3 is 9.33 Å². The second-order valence-corrected chi connectivity index (χ2v) is 3.06. The van der Waals surface area contributed by atoms with Crippen LogP contribution in [0.5, 0.6) is 0 Å². The minimum absolute atomic E-state index is 0.508. The van der Waals surface area contributed by atoms with Crippen LogP contribution in [0.3, 0.4) is 0 Å². The van der Waals surface area contributed by atoms with Crippen LogP contribution in [0.25, 0.3) is 0 Å². The number of alkyl halides is 1. The van der Waals surface area contributed by atoms with Gasteiger partial charge in [0, 0.05) is 10.7 Å². The van der Waals surface area contributed by atoms with Crippen LogP contribution in [0.1, 0.15) is 0 Å². The minimum Gasteiger partial charge on any atom is -0.255 e. The maximum Gasteiger partial charge on any atom is 0.355 e. The van der Waals surface area contributed by atoms with E-state index in [9.17, 15) is 12.8 Å². The van der Waals surface area contributed by atoms with Gasteiger partial charge in [-0.25, -0.2) is 4.39 Å². The van der Waals surface area contributed by atoms with Crippen molar-refractivity contribution in [1.82, 2.24) is 0 Å². The highest BCUT2D eigenvalue weighted by Crippen LogP contribution is 1.96. The van der Waals surface area contributed by atoms with Crippen LogP contribution >= 0.6 is 10.7 Å². The van der Waals surface area contributed by atoms with E-state index in [0.29, 0.717) is 0 Å². The van der Waals surface area contributed by atoms with E-state index in [0.717, 1.165) is 0 Å². The van der Waals surface area contributed by atoms with Crippen LogP contribution in [-0.4, -0.2) is 21.7 Å². The van der Waals surface area contributed by atoms with Crippen LogP contribution in [0, 0.1) is 0 Å². The molecule has 0 radical (unpaired) electrons. The molecule has 50 valence electrons. The Hall–Kier alpha value is 0.130. The van der Waals surface area contributed by atoms with E-state index in [1.807, 2.05) is 0 Å². The van der Waals surface area contributed by atoms with Crippen molar-refractivity contribution in [3.63, 3.8) is 0 Å². The first-order valence-electron chi connectivity index (χ1n) is 1.71. The van der Waals surface area contributed by atoms with E-state index >= 15 is 0 Å². The molecule has 3 nitrogen and oxygen atoms in total. The third kappa shape index (κ3) is 6.13. The summed E-state index contributed by atoms with van der Waals surface area (Å²) in [6, 6.07) is 0. The summed E-state index contributed by atoms with van der Waals surface area (Å²) in [7, 11) is 0.541. The Kier molecular flexibility index (Phi) is 3.27. The lowest BCUT2D eigenvalue weighted by Gasteiger charge is -1.90. The zero-order valence-corrected chi connectivity index (χ0v) is 5.38. The average Bonchev–Trinajstić information content (AvgIpc) is 1.59. The molecule has 0 aromatic heterocycles. The van der Waals surface area contributed by atoms with Gasteiger partial charge < -0.3 is 0 Å². The van der Waals surface area contributed by atoms with Crippen molar-refractivity contribution >= 4 is 20.0 Å². The summed E-state index contributed by atoms with van der Waals surface area (Å²) < 4.78 is 34.3. The summed E-state index contributed by atoms with van der Waals surface area (Å²) >= 11 is 0. The van der Waals surface area contributed by atoms with Crippen LogP contribution in [0.2, 0.25) is 0 Å². The zero-order valence-electron chi connectivity index (χ0n) is 3.80. The van der Waals surface area contributed by atoms with E-state index in [1.54, 1.807) is 0 Å². The Labute approximate surface area is 51.0 Å². The molecule has 0 amide bonds. The molecule has 0 rings (SSSR count). The number of hydrogen-bond acceptors (Lipinski definition) is 3. The van der Waals surface area contributed by atoms with Gasteiger partial charge in [-0.2, -0.15) is 8.42 Å². The fraction of sp³-hybridized carbons (Fsp3) is 1.00. The van der Waals surface area contributed by atoms with Crippen LogP contribution in [-0.2, 0) is 13.5 Å². The zero-order chi connectivity index (χ0) is 6.62. The number of hydrogen-bond donors (Lipinski definition) is 0. The Morgan fingerprint density at radius 3 is 2.25 bits per heavy atom. The maximum absolute atomic E-state index is 11.1. The average molecular weight is 163 g/mol. The van der Waals surface area contributed by atoms with Gasteiger partial charge in [0.25, 0.3) is 0 Å². The Morgan fingerprint density at radius 2 is 2.12 bits per heavy atom. The first kappa shape index (κ1) is 8.13. The van der Waals surface area contributed by atoms with Crippen molar-refractivity contribution in [2.75, 3.05) is 13.3 Å². The molecule has 6 heteroatoms. The molecule has 8 heavy (non-hydrogen) atoms. The molecule has 0 aliphatic carbocycles. The van der Waals surface area contributed by atoms with Crippen LogP contribution in [0.15, 0.2) is 0 Å². The molecule has 0 aliphatic rings. The highest BCUT2D eigenvalue weighted by Gasteiger charge is 2.01. The van der Waals surface area contributed by atoms with Gasteiger partial charge in [0.1, 0.15) is 6.67 Å². The Balaban J connectivity index is 3.42. The second-order valence-electron chi connectivity index (χ2n) is 0.904. The van der Waals surface area contributed by atoms with E-state index < -0.39 is 22.6 Å². The fourth-order valence-electron chi connectivity index (χ4n) is 0.131. The Bertz CT molecular complexity index is 141. The highest BCUT2D eigenvalue weighted by molar-refractivity contribution is 8.09. The van der Waals surface area contributed by atoms with Gasteiger partial charge in [0.15, 0.2) is 0 Å². The van der Waals surface area contributed by atoms with Gasteiger partial charge in [0.2, 0.25) is 0 Å². The predicted molar refractivity (Wildman–Crippen MR) is 26.7 cm³/mol. The summed E-state index contributed by atoms with van der Waals surface area (Å²) in [5.41, 5.74) is 0. The second kappa shape index (κ2) is 3.21. The van der Waals surface area contributed by atoms with Gasteiger partial charge in [-0.1, -0.05) is 0 Å². The normalized spacial score (nSPS) is 11.8. The molecule has 0 aliphatic heterocycles. The molecule has 0 saturated heterocycles. The number of rotatable bonds is 3. The van der Waals surface area contributed by atoms with Crippen molar-refractivity contribution in [3.05, 3.63) is 0 Å². The first-order chi connectivity index (χ1) is 3.56. The predicted octanol–water partition coefficient (Wildman–Crippen LogP) is 0.456. The lowest BCUT2D eigenvalue weighted by atomic mass is 10.9. The molecule has 0 bridgehead atoms. The van der Waals surface area contributed by atoms with E-state index in [4.69, 9.17) is 0 Å². The highest BCUT2D eigenvalue weighted by atomic mass is 35.7. The van der Waals surface area contributed by atoms with E-state index in [-0.39, 0.29) is 0 Å². The smallest absolute Gasteiger partial charge is 0.255 e. The summed E-state index contributed by atoms with van der Waals surface area (Å²) in [6.07, 6.45) is 0. The summed E-state index contributed by atoms with van der Waals surface area (Å²) in [4.78, 5) is 0. The molecule has 0 unspecified atom stereocenters. The van der Waals surface area contributed by atoms with Crippen molar-refractivity contribution < 1.29 is 17.0 Å². The number of halogens is 2. The molecule has 0 saturated carbocycles. The first-order valence-corrected chi connectivity index (χ1v) is 3.94.